The molecule has 3 heterocycles. The van der Waals surface area contributed by atoms with Gasteiger partial charge >= 0.3 is 0 Å². The van der Waals surface area contributed by atoms with Gasteiger partial charge in [-0.15, -0.1) is 0 Å². The summed E-state index contributed by atoms with van der Waals surface area (Å²) in [7, 11) is 0. The highest BCUT2D eigenvalue weighted by Crippen LogP contribution is 2.20. The second-order valence-electron chi connectivity index (χ2n) is 3.68. The van der Waals surface area contributed by atoms with Gasteiger partial charge in [0.1, 0.15) is 0 Å². The van der Waals surface area contributed by atoms with Crippen molar-refractivity contribution in [2.75, 3.05) is 6.54 Å². The van der Waals surface area contributed by atoms with Gasteiger partial charge in [-0.3, -0.25) is 9.98 Å². The molecule has 0 spiro atoms. The van der Waals surface area contributed by atoms with Gasteiger partial charge < -0.3 is 0 Å². The SMILES string of the molecule is C1=NCCc2ncc(-c3ccnnc3)cc21. The normalized spacial score (nSPS) is 13.5. The van der Waals surface area contributed by atoms with Crippen molar-refractivity contribution in [2.45, 2.75) is 6.42 Å². The van der Waals surface area contributed by atoms with Crippen molar-refractivity contribution in [3.63, 3.8) is 0 Å². The molecule has 0 fully saturated rings. The van der Waals surface area contributed by atoms with E-state index in [1.807, 2.05) is 18.5 Å². The van der Waals surface area contributed by atoms with Crippen molar-refractivity contribution in [2.24, 2.45) is 4.99 Å². The Labute approximate surface area is 93.1 Å². The maximum absolute atomic E-state index is 4.46. The molecule has 2 aromatic heterocycles. The van der Waals surface area contributed by atoms with E-state index in [1.54, 1.807) is 12.4 Å². The number of hydrogen-bond acceptors (Lipinski definition) is 4. The molecule has 0 bridgehead atoms. The van der Waals surface area contributed by atoms with Crippen LogP contribution in [0.3, 0.4) is 0 Å². The van der Waals surface area contributed by atoms with Crippen LogP contribution in [-0.4, -0.2) is 27.9 Å². The molecule has 0 saturated heterocycles. The molecule has 1 aliphatic heterocycles. The third-order valence-corrected chi connectivity index (χ3v) is 2.63. The standard InChI is InChI=1S/C12H10N4/c1-4-15-16-8-9(1)10-5-11-6-13-3-2-12(11)14-7-10/h1,4-8H,2-3H2. The second-order valence-corrected chi connectivity index (χ2v) is 3.68. The molecule has 1 aliphatic rings. The largest absolute Gasteiger partial charge is 0.292 e. The summed E-state index contributed by atoms with van der Waals surface area (Å²) in [5.74, 6) is 0. The first-order valence-electron chi connectivity index (χ1n) is 5.19. The van der Waals surface area contributed by atoms with Crippen LogP contribution in [0.2, 0.25) is 0 Å². The van der Waals surface area contributed by atoms with E-state index >= 15 is 0 Å². The fourth-order valence-electron chi connectivity index (χ4n) is 1.78. The molecule has 0 unspecified atom stereocenters. The topological polar surface area (TPSA) is 51.0 Å². The number of nitrogens with zero attached hydrogens (tertiary/aromatic N) is 4. The summed E-state index contributed by atoms with van der Waals surface area (Å²) >= 11 is 0. The lowest BCUT2D eigenvalue weighted by Gasteiger charge is -2.10. The summed E-state index contributed by atoms with van der Waals surface area (Å²) in [6.07, 6.45) is 8.13. The zero-order chi connectivity index (χ0) is 10.8. The second kappa shape index (κ2) is 3.81. The summed E-state index contributed by atoms with van der Waals surface area (Å²) in [6.45, 7) is 0.843. The first-order valence-corrected chi connectivity index (χ1v) is 5.19. The van der Waals surface area contributed by atoms with Crippen LogP contribution >= 0.6 is 0 Å². The van der Waals surface area contributed by atoms with Crippen LogP contribution in [0.15, 0.2) is 35.7 Å². The zero-order valence-corrected chi connectivity index (χ0v) is 8.67. The van der Waals surface area contributed by atoms with Gasteiger partial charge in [0.15, 0.2) is 0 Å². The van der Waals surface area contributed by atoms with E-state index in [0.717, 1.165) is 35.3 Å². The molecule has 0 aromatic carbocycles. The average molecular weight is 210 g/mol. The number of hydrogen-bond donors (Lipinski definition) is 0. The van der Waals surface area contributed by atoms with E-state index in [4.69, 9.17) is 0 Å². The van der Waals surface area contributed by atoms with Gasteiger partial charge in [0, 0.05) is 42.1 Å². The Balaban J connectivity index is 2.08. The molecule has 0 N–H and O–H groups in total. The van der Waals surface area contributed by atoms with Crippen LogP contribution in [0.25, 0.3) is 11.1 Å². The third-order valence-electron chi connectivity index (χ3n) is 2.63. The predicted molar refractivity (Wildman–Crippen MR) is 61.4 cm³/mol. The van der Waals surface area contributed by atoms with Crippen LogP contribution < -0.4 is 0 Å². The summed E-state index contributed by atoms with van der Waals surface area (Å²) in [5.41, 5.74) is 4.33. The Bertz CT molecular complexity index is 534. The van der Waals surface area contributed by atoms with Crippen LogP contribution in [0, 0.1) is 0 Å². The van der Waals surface area contributed by atoms with Crippen molar-refractivity contribution < 1.29 is 0 Å². The number of aromatic nitrogens is 3. The molecule has 16 heavy (non-hydrogen) atoms. The molecular formula is C12H10N4. The van der Waals surface area contributed by atoms with Crippen LogP contribution in [-0.2, 0) is 6.42 Å². The van der Waals surface area contributed by atoms with Gasteiger partial charge in [-0.2, -0.15) is 10.2 Å². The molecule has 78 valence electrons. The number of rotatable bonds is 1. The lowest BCUT2D eigenvalue weighted by atomic mass is 10.0. The Hall–Kier alpha value is -2.10. The average Bonchev–Trinajstić information content (AvgIpc) is 2.39. The zero-order valence-electron chi connectivity index (χ0n) is 8.67. The molecule has 4 heteroatoms. The highest BCUT2D eigenvalue weighted by atomic mass is 15.1. The van der Waals surface area contributed by atoms with Gasteiger partial charge in [-0.25, -0.2) is 0 Å². The first-order chi connectivity index (χ1) is 7.93. The van der Waals surface area contributed by atoms with E-state index in [0.29, 0.717) is 0 Å². The molecule has 2 aromatic rings. The van der Waals surface area contributed by atoms with Gasteiger partial charge in [-0.05, 0) is 12.1 Å². The Kier molecular flexibility index (Phi) is 2.18. The van der Waals surface area contributed by atoms with Crippen molar-refractivity contribution in [1.29, 1.82) is 0 Å². The van der Waals surface area contributed by atoms with Crippen molar-refractivity contribution >= 4 is 6.21 Å². The van der Waals surface area contributed by atoms with Crippen molar-refractivity contribution in [3.8, 4) is 11.1 Å². The predicted octanol–water partition coefficient (Wildman–Crippen LogP) is 1.51. The summed E-state index contributed by atoms with van der Waals surface area (Å²) in [4.78, 5) is 8.72. The van der Waals surface area contributed by atoms with Crippen molar-refractivity contribution in [3.05, 3.63) is 42.0 Å². The van der Waals surface area contributed by atoms with E-state index in [1.165, 1.54) is 0 Å². The maximum atomic E-state index is 4.46. The number of aliphatic imine (C=N–C) groups is 1. The molecule has 4 nitrogen and oxygen atoms in total. The minimum atomic E-state index is 0.843. The Morgan fingerprint density at radius 1 is 1.06 bits per heavy atom. The molecule has 0 amide bonds. The van der Waals surface area contributed by atoms with Gasteiger partial charge in [0.25, 0.3) is 0 Å². The van der Waals surface area contributed by atoms with E-state index in [9.17, 15) is 0 Å². The summed E-state index contributed by atoms with van der Waals surface area (Å²) in [6, 6.07) is 4.03. The minimum absolute atomic E-state index is 0.843. The number of fused-ring (bicyclic) bond motifs is 1. The summed E-state index contributed by atoms with van der Waals surface area (Å²) in [5, 5.41) is 7.62. The lowest BCUT2D eigenvalue weighted by molar-refractivity contribution is 0.906. The fourth-order valence-corrected chi connectivity index (χ4v) is 1.78. The number of pyridine rings is 1. The first kappa shape index (κ1) is 9.15. The lowest BCUT2D eigenvalue weighted by Crippen LogP contribution is -2.05. The quantitative estimate of drug-likeness (QED) is 0.717. The van der Waals surface area contributed by atoms with Crippen LogP contribution in [0.4, 0.5) is 0 Å². The highest BCUT2D eigenvalue weighted by molar-refractivity contribution is 5.84. The van der Waals surface area contributed by atoms with Gasteiger partial charge in [0.2, 0.25) is 0 Å². The third kappa shape index (κ3) is 1.58. The van der Waals surface area contributed by atoms with Crippen LogP contribution in [0.1, 0.15) is 11.3 Å². The minimum Gasteiger partial charge on any atom is -0.292 e. The summed E-state index contributed by atoms with van der Waals surface area (Å²) < 4.78 is 0. The highest BCUT2D eigenvalue weighted by Gasteiger charge is 2.08. The Morgan fingerprint density at radius 2 is 2.06 bits per heavy atom. The Morgan fingerprint density at radius 3 is 2.94 bits per heavy atom. The maximum Gasteiger partial charge on any atom is 0.0575 e. The molecule has 0 aliphatic carbocycles. The molecular weight excluding hydrogens is 200 g/mol. The van der Waals surface area contributed by atoms with Crippen LogP contribution in [0.5, 0.6) is 0 Å². The molecule has 0 atom stereocenters. The monoisotopic (exact) mass is 210 g/mol. The van der Waals surface area contributed by atoms with E-state index in [2.05, 4.69) is 26.2 Å². The van der Waals surface area contributed by atoms with E-state index < -0.39 is 0 Å². The van der Waals surface area contributed by atoms with Crippen molar-refractivity contribution in [1.82, 2.24) is 15.2 Å². The molecule has 0 saturated carbocycles. The van der Waals surface area contributed by atoms with Gasteiger partial charge in [0.05, 0.1) is 18.1 Å². The van der Waals surface area contributed by atoms with Gasteiger partial charge in [-0.1, -0.05) is 0 Å². The molecule has 0 radical (unpaired) electrons. The smallest absolute Gasteiger partial charge is 0.0575 e. The molecule has 3 rings (SSSR count). The van der Waals surface area contributed by atoms with E-state index in [-0.39, 0.29) is 0 Å². The fraction of sp³-hybridized carbons (Fsp3) is 0.167.